The summed E-state index contributed by atoms with van der Waals surface area (Å²) in [5.41, 5.74) is 3.82. The van der Waals surface area contributed by atoms with Crippen molar-refractivity contribution < 1.29 is 4.39 Å². The van der Waals surface area contributed by atoms with Crippen molar-refractivity contribution >= 4 is 0 Å². The summed E-state index contributed by atoms with van der Waals surface area (Å²) in [6.45, 7) is 3.14. The van der Waals surface area contributed by atoms with E-state index in [1.165, 1.54) is 11.1 Å². The van der Waals surface area contributed by atoms with E-state index >= 15 is 0 Å². The number of halogens is 1. The maximum atomic E-state index is 13.8. The monoisotopic (exact) mass is 267 g/mol. The Kier molecular flexibility index (Phi) is 2.67. The molecule has 102 valence electrons. The van der Waals surface area contributed by atoms with Crippen LogP contribution < -0.4 is 0 Å². The van der Waals surface area contributed by atoms with Crippen LogP contribution in [-0.4, -0.2) is 18.0 Å². The van der Waals surface area contributed by atoms with Crippen LogP contribution in [0.1, 0.15) is 23.1 Å². The SMILES string of the molecule is Fc1cccc2c1CCC21CN(Cc2ccccc2)C1. The van der Waals surface area contributed by atoms with Gasteiger partial charge in [-0.15, -0.1) is 0 Å². The molecule has 0 radical (unpaired) electrons. The van der Waals surface area contributed by atoms with Gasteiger partial charge < -0.3 is 0 Å². The highest BCUT2D eigenvalue weighted by Gasteiger charge is 2.48. The first kappa shape index (κ1) is 12.1. The molecule has 0 saturated carbocycles. The van der Waals surface area contributed by atoms with Crippen molar-refractivity contribution in [3.8, 4) is 0 Å². The zero-order valence-electron chi connectivity index (χ0n) is 11.5. The molecule has 1 nitrogen and oxygen atoms in total. The Labute approximate surface area is 119 Å². The zero-order chi connectivity index (χ0) is 13.6. The van der Waals surface area contributed by atoms with Crippen molar-refractivity contribution in [1.82, 2.24) is 4.90 Å². The predicted octanol–water partition coefficient (Wildman–Crippen LogP) is 3.53. The Morgan fingerprint density at radius 2 is 1.80 bits per heavy atom. The smallest absolute Gasteiger partial charge is 0.126 e. The predicted molar refractivity (Wildman–Crippen MR) is 78.1 cm³/mol. The standard InChI is InChI=1S/C18H18FN/c19-17-8-4-7-16-15(17)9-10-18(16)12-20(13-18)11-14-5-2-1-3-6-14/h1-8H,9-13H2. The van der Waals surface area contributed by atoms with Crippen LogP contribution in [-0.2, 0) is 18.4 Å². The van der Waals surface area contributed by atoms with Crippen molar-refractivity contribution in [3.63, 3.8) is 0 Å². The minimum absolute atomic E-state index is 0.0131. The number of likely N-dealkylation sites (tertiary alicyclic amines) is 1. The second kappa shape index (κ2) is 4.42. The quantitative estimate of drug-likeness (QED) is 0.804. The third kappa shape index (κ3) is 1.79. The highest BCUT2D eigenvalue weighted by molar-refractivity contribution is 5.43. The van der Waals surface area contributed by atoms with E-state index in [4.69, 9.17) is 0 Å². The summed E-state index contributed by atoms with van der Waals surface area (Å²) in [5, 5.41) is 0. The molecule has 2 aliphatic rings. The molecule has 0 unspecified atom stereocenters. The first-order valence-electron chi connectivity index (χ1n) is 7.31. The van der Waals surface area contributed by atoms with E-state index < -0.39 is 0 Å². The molecule has 1 spiro atoms. The van der Waals surface area contributed by atoms with E-state index in [1.807, 2.05) is 6.07 Å². The third-order valence-corrected chi connectivity index (χ3v) is 4.85. The van der Waals surface area contributed by atoms with Crippen LogP contribution >= 0.6 is 0 Å². The van der Waals surface area contributed by atoms with Gasteiger partial charge in [0.15, 0.2) is 0 Å². The third-order valence-electron chi connectivity index (χ3n) is 4.85. The van der Waals surface area contributed by atoms with Gasteiger partial charge in [0.1, 0.15) is 5.82 Å². The molecule has 2 heteroatoms. The summed E-state index contributed by atoms with van der Waals surface area (Å²) in [4.78, 5) is 2.47. The van der Waals surface area contributed by atoms with Crippen LogP contribution in [0.2, 0.25) is 0 Å². The van der Waals surface area contributed by atoms with Crippen molar-refractivity contribution in [2.24, 2.45) is 0 Å². The van der Waals surface area contributed by atoms with E-state index in [0.29, 0.717) is 0 Å². The summed E-state index contributed by atoms with van der Waals surface area (Å²) < 4.78 is 13.8. The van der Waals surface area contributed by atoms with Gasteiger partial charge in [0, 0.05) is 25.0 Å². The molecule has 2 aromatic carbocycles. The molecule has 0 atom stereocenters. The van der Waals surface area contributed by atoms with E-state index in [0.717, 1.165) is 38.0 Å². The van der Waals surface area contributed by atoms with Crippen LogP contribution in [0.3, 0.4) is 0 Å². The maximum absolute atomic E-state index is 13.8. The van der Waals surface area contributed by atoms with Crippen LogP contribution in [0.25, 0.3) is 0 Å². The maximum Gasteiger partial charge on any atom is 0.126 e. The molecule has 0 bridgehead atoms. The van der Waals surface area contributed by atoms with Crippen LogP contribution in [0.15, 0.2) is 48.5 Å². The molecular formula is C18H18FN. The lowest BCUT2D eigenvalue weighted by Gasteiger charge is -2.49. The second-order valence-corrected chi connectivity index (χ2v) is 6.18. The molecule has 0 amide bonds. The van der Waals surface area contributed by atoms with E-state index in [2.05, 4.69) is 41.3 Å². The molecule has 1 fully saturated rings. The Bertz CT molecular complexity index is 629. The Morgan fingerprint density at radius 1 is 1.00 bits per heavy atom. The van der Waals surface area contributed by atoms with Crippen molar-refractivity contribution in [3.05, 3.63) is 71.0 Å². The number of hydrogen-bond acceptors (Lipinski definition) is 1. The summed E-state index contributed by atoms with van der Waals surface area (Å²) >= 11 is 0. The van der Waals surface area contributed by atoms with Crippen molar-refractivity contribution in [1.29, 1.82) is 0 Å². The van der Waals surface area contributed by atoms with Crippen LogP contribution in [0.4, 0.5) is 4.39 Å². The highest BCUT2D eigenvalue weighted by atomic mass is 19.1. The fourth-order valence-corrected chi connectivity index (χ4v) is 3.90. The molecule has 1 aliphatic heterocycles. The first-order valence-corrected chi connectivity index (χ1v) is 7.31. The lowest BCUT2D eigenvalue weighted by molar-refractivity contribution is 0.0583. The zero-order valence-corrected chi connectivity index (χ0v) is 11.5. The van der Waals surface area contributed by atoms with Gasteiger partial charge >= 0.3 is 0 Å². The van der Waals surface area contributed by atoms with E-state index in [9.17, 15) is 4.39 Å². The molecular weight excluding hydrogens is 249 g/mol. The van der Waals surface area contributed by atoms with Crippen molar-refractivity contribution in [2.75, 3.05) is 13.1 Å². The molecule has 1 heterocycles. The van der Waals surface area contributed by atoms with Crippen molar-refractivity contribution in [2.45, 2.75) is 24.8 Å². The number of rotatable bonds is 2. The van der Waals surface area contributed by atoms with Gasteiger partial charge in [0.2, 0.25) is 0 Å². The van der Waals surface area contributed by atoms with Crippen LogP contribution in [0, 0.1) is 5.82 Å². The molecule has 2 aromatic rings. The van der Waals surface area contributed by atoms with Gasteiger partial charge in [-0.05, 0) is 35.6 Å². The molecule has 4 rings (SSSR count). The Hall–Kier alpha value is -1.67. The van der Waals surface area contributed by atoms with Crippen LogP contribution in [0.5, 0.6) is 0 Å². The number of nitrogens with zero attached hydrogens (tertiary/aromatic N) is 1. The lowest BCUT2D eigenvalue weighted by Crippen LogP contribution is -2.57. The highest BCUT2D eigenvalue weighted by Crippen LogP contribution is 2.46. The molecule has 1 saturated heterocycles. The topological polar surface area (TPSA) is 3.24 Å². The van der Waals surface area contributed by atoms with Gasteiger partial charge in [-0.3, -0.25) is 4.90 Å². The normalized spacial score (nSPS) is 19.9. The van der Waals surface area contributed by atoms with Gasteiger partial charge in [-0.2, -0.15) is 0 Å². The number of fused-ring (bicyclic) bond motifs is 2. The number of benzene rings is 2. The van der Waals surface area contributed by atoms with E-state index in [-0.39, 0.29) is 11.2 Å². The van der Waals surface area contributed by atoms with E-state index in [1.54, 1.807) is 6.07 Å². The van der Waals surface area contributed by atoms with Gasteiger partial charge in [0.05, 0.1) is 0 Å². The lowest BCUT2D eigenvalue weighted by atomic mass is 9.74. The minimum atomic E-state index is -0.0131. The molecule has 20 heavy (non-hydrogen) atoms. The summed E-state index contributed by atoms with van der Waals surface area (Å²) in [5.74, 6) is -0.0131. The second-order valence-electron chi connectivity index (χ2n) is 6.18. The number of hydrogen-bond donors (Lipinski definition) is 0. The summed E-state index contributed by atoms with van der Waals surface area (Å²) in [7, 11) is 0. The molecule has 0 aromatic heterocycles. The Morgan fingerprint density at radius 3 is 2.60 bits per heavy atom. The summed E-state index contributed by atoms with van der Waals surface area (Å²) in [6, 6.07) is 16.2. The minimum Gasteiger partial charge on any atom is -0.297 e. The van der Waals surface area contributed by atoms with Gasteiger partial charge in [-0.1, -0.05) is 42.5 Å². The molecule has 1 aliphatic carbocycles. The average molecular weight is 267 g/mol. The van der Waals surface area contributed by atoms with Gasteiger partial charge in [-0.25, -0.2) is 4.39 Å². The fourth-order valence-electron chi connectivity index (χ4n) is 3.90. The summed E-state index contributed by atoms with van der Waals surface area (Å²) in [6.07, 6.45) is 2.01. The Balaban J connectivity index is 1.51. The average Bonchev–Trinajstić information content (AvgIpc) is 2.81. The largest absolute Gasteiger partial charge is 0.297 e. The molecule has 0 N–H and O–H groups in total. The first-order chi connectivity index (χ1) is 9.77. The fraction of sp³-hybridized carbons (Fsp3) is 0.333. The van der Waals surface area contributed by atoms with Gasteiger partial charge in [0.25, 0.3) is 0 Å².